The lowest BCUT2D eigenvalue weighted by Gasteiger charge is -2.00. The molecular formula is C10H11ClN2O. The van der Waals surface area contributed by atoms with Crippen molar-refractivity contribution in [1.82, 2.24) is 4.57 Å². The van der Waals surface area contributed by atoms with E-state index in [4.69, 9.17) is 5.73 Å². The third kappa shape index (κ3) is 1.88. The first-order chi connectivity index (χ1) is 6.27. The van der Waals surface area contributed by atoms with Gasteiger partial charge in [0.05, 0.1) is 0 Å². The van der Waals surface area contributed by atoms with Gasteiger partial charge >= 0.3 is 0 Å². The molecule has 4 heteroatoms. The minimum absolute atomic E-state index is 0. The van der Waals surface area contributed by atoms with Gasteiger partial charge < -0.3 is 10.3 Å². The van der Waals surface area contributed by atoms with Crippen LogP contribution in [0.15, 0.2) is 36.5 Å². The molecule has 1 amide bonds. The number of primary amides is 1. The van der Waals surface area contributed by atoms with Crippen molar-refractivity contribution >= 4 is 29.2 Å². The largest absolute Gasteiger partial charge is 0.368 e. The van der Waals surface area contributed by atoms with Crippen molar-refractivity contribution in [3.05, 3.63) is 36.5 Å². The highest BCUT2D eigenvalue weighted by Gasteiger charge is 2.01. The van der Waals surface area contributed by atoms with Gasteiger partial charge in [-0.25, -0.2) is 0 Å². The normalized spacial score (nSPS) is 9.71. The maximum absolute atomic E-state index is 10.7. The number of carbonyl (C=O) groups is 1. The summed E-state index contributed by atoms with van der Waals surface area (Å²) in [6.45, 7) is 0.244. The molecule has 0 saturated carbocycles. The highest BCUT2D eigenvalue weighted by atomic mass is 35.5. The minimum Gasteiger partial charge on any atom is -0.368 e. The average molecular weight is 211 g/mol. The molecule has 0 spiro atoms. The van der Waals surface area contributed by atoms with Gasteiger partial charge in [0.2, 0.25) is 5.91 Å². The van der Waals surface area contributed by atoms with Crippen LogP contribution < -0.4 is 5.73 Å². The number of fused-ring (bicyclic) bond motifs is 1. The number of amides is 1. The Balaban J connectivity index is 0.000000980. The molecule has 0 aliphatic heterocycles. The second kappa shape index (κ2) is 4.15. The monoisotopic (exact) mass is 210 g/mol. The molecule has 14 heavy (non-hydrogen) atoms. The van der Waals surface area contributed by atoms with E-state index in [0.717, 1.165) is 10.9 Å². The number of nitrogens with zero attached hydrogens (tertiary/aromatic N) is 1. The molecule has 0 bridgehead atoms. The van der Waals surface area contributed by atoms with Crippen LogP contribution in [-0.4, -0.2) is 10.5 Å². The first kappa shape index (κ1) is 10.6. The van der Waals surface area contributed by atoms with Gasteiger partial charge in [0.25, 0.3) is 0 Å². The summed E-state index contributed by atoms with van der Waals surface area (Å²) >= 11 is 0. The van der Waals surface area contributed by atoms with Crippen LogP contribution in [0.25, 0.3) is 10.9 Å². The molecule has 0 unspecified atom stereocenters. The third-order valence-electron chi connectivity index (χ3n) is 2.01. The van der Waals surface area contributed by atoms with Gasteiger partial charge in [-0.1, -0.05) is 18.2 Å². The summed E-state index contributed by atoms with van der Waals surface area (Å²) in [6, 6.07) is 9.86. The molecule has 1 aromatic carbocycles. The molecule has 0 aliphatic carbocycles. The second-order valence-electron chi connectivity index (χ2n) is 2.97. The number of benzene rings is 1. The molecule has 0 atom stereocenters. The van der Waals surface area contributed by atoms with Gasteiger partial charge in [0.15, 0.2) is 0 Å². The molecule has 0 fully saturated rings. The predicted octanol–water partition coefficient (Wildman–Crippen LogP) is 1.55. The number of rotatable bonds is 2. The molecule has 74 valence electrons. The number of carbonyl (C=O) groups excluding carboxylic acids is 1. The highest BCUT2D eigenvalue weighted by molar-refractivity contribution is 5.85. The minimum atomic E-state index is -0.318. The van der Waals surface area contributed by atoms with Crippen LogP contribution in [0.4, 0.5) is 0 Å². The van der Waals surface area contributed by atoms with Gasteiger partial charge in [-0.3, -0.25) is 4.79 Å². The van der Waals surface area contributed by atoms with Gasteiger partial charge in [-0.2, -0.15) is 0 Å². The molecule has 1 aromatic heterocycles. The topological polar surface area (TPSA) is 48.0 Å². The SMILES string of the molecule is Cl.NC(=O)Cn1ccc2ccccc21. The Hall–Kier alpha value is -1.48. The predicted molar refractivity (Wildman–Crippen MR) is 58.4 cm³/mol. The van der Waals surface area contributed by atoms with Crippen molar-refractivity contribution in [3.8, 4) is 0 Å². The Kier molecular flexibility index (Phi) is 3.14. The molecule has 0 saturated heterocycles. The molecule has 1 heterocycles. The maximum Gasteiger partial charge on any atom is 0.237 e. The Bertz CT molecular complexity index is 450. The van der Waals surface area contributed by atoms with Crippen molar-refractivity contribution in [2.45, 2.75) is 6.54 Å². The van der Waals surface area contributed by atoms with Crippen molar-refractivity contribution < 1.29 is 4.79 Å². The van der Waals surface area contributed by atoms with Crippen molar-refractivity contribution in [2.24, 2.45) is 5.73 Å². The van der Waals surface area contributed by atoms with E-state index in [0.29, 0.717) is 0 Å². The third-order valence-corrected chi connectivity index (χ3v) is 2.01. The smallest absolute Gasteiger partial charge is 0.237 e. The zero-order valence-electron chi connectivity index (χ0n) is 7.51. The van der Waals surface area contributed by atoms with E-state index in [9.17, 15) is 4.79 Å². The van der Waals surface area contributed by atoms with E-state index < -0.39 is 0 Å². The van der Waals surface area contributed by atoms with E-state index in [1.807, 2.05) is 41.1 Å². The van der Waals surface area contributed by atoms with Gasteiger partial charge in [0, 0.05) is 11.7 Å². The Morgan fingerprint density at radius 2 is 2.00 bits per heavy atom. The number of hydrogen-bond acceptors (Lipinski definition) is 1. The van der Waals surface area contributed by atoms with E-state index in [2.05, 4.69) is 0 Å². The first-order valence-corrected chi connectivity index (χ1v) is 4.09. The van der Waals surface area contributed by atoms with Crippen LogP contribution in [0.5, 0.6) is 0 Å². The number of para-hydroxylation sites is 1. The number of halogens is 1. The average Bonchev–Trinajstić information content (AvgIpc) is 2.48. The Morgan fingerprint density at radius 1 is 1.29 bits per heavy atom. The van der Waals surface area contributed by atoms with Gasteiger partial charge in [0.1, 0.15) is 6.54 Å². The first-order valence-electron chi connectivity index (χ1n) is 4.09. The van der Waals surface area contributed by atoms with Crippen LogP contribution in [0.3, 0.4) is 0 Å². The van der Waals surface area contributed by atoms with Crippen molar-refractivity contribution in [1.29, 1.82) is 0 Å². The fourth-order valence-electron chi connectivity index (χ4n) is 1.45. The standard InChI is InChI=1S/C10H10N2O.ClH/c11-10(13)7-12-6-5-8-3-1-2-4-9(8)12;/h1-6H,7H2,(H2,11,13);1H. The molecule has 0 aliphatic rings. The molecule has 2 aromatic rings. The molecule has 2 rings (SSSR count). The summed E-state index contributed by atoms with van der Waals surface area (Å²) in [4.78, 5) is 10.7. The Labute approximate surface area is 87.9 Å². The lowest BCUT2D eigenvalue weighted by atomic mass is 10.2. The van der Waals surface area contributed by atoms with Crippen molar-refractivity contribution in [2.75, 3.05) is 0 Å². The van der Waals surface area contributed by atoms with Gasteiger partial charge in [-0.15, -0.1) is 12.4 Å². The zero-order chi connectivity index (χ0) is 9.26. The van der Waals surface area contributed by atoms with Crippen LogP contribution in [-0.2, 0) is 11.3 Å². The molecular weight excluding hydrogens is 200 g/mol. The van der Waals surface area contributed by atoms with Crippen molar-refractivity contribution in [3.63, 3.8) is 0 Å². The fraction of sp³-hybridized carbons (Fsp3) is 0.100. The Morgan fingerprint density at radius 3 is 2.71 bits per heavy atom. The molecule has 2 N–H and O–H groups in total. The summed E-state index contributed by atoms with van der Waals surface area (Å²) in [7, 11) is 0. The van der Waals surface area contributed by atoms with Gasteiger partial charge in [-0.05, 0) is 17.5 Å². The van der Waals surface area contributed by atoms with Crippen LogP contribution in [0.1, 0.15) is 0 Å². The molecule has 0 radical (unpaired) electrons. The van der Waals surface area contributed by atoms with Crippen LogP contribution in [0.2, 0.25) is 0 Å². The summed E-state index contributed by atoms with van der Waals surface area (Å²) in [5.41, 5.74) is 6.16. The number of nitrogens with two attached hydrogens (primary N) is 1. The number of aromatic nitrogens is 1. The summed E-state index contributed by atoms with van der Waals surface area (Å²) < 4.78 is 1.84. The van der Waals surface area contributed by atoms with E-state index in [1.165, 1.54) is 0 Å². The summed E-state index contributed by atoms with van der Waals surface area (Å²) in [6.07, 6.45) is 1.87. The fourth-order valence-corrected chi connectivity index (χ4v) is 1.45. The lowest BCUT2D eigenvalue weighted by molar-refractivity contribution is -0.118. The second-order valence-corrected chi connectivity index (χ2v) is 2.97. The van der Waals surface area contributed by atoms with Crippen LogP contribution >= 0.6 is 12.4 Å². The summed E-state index contributed by atoms with van der Waals surface area (Å²) in [5.74, 6) is -0.318. The maximum atomic E-state index is 10.7. The summed E-state index contributed by atoms with van der Waals surface area (Å²) in [5, 5.41) is 1.13. The zero-order valence-corrected chi connectivity index (χ0v) is 8.33. The van der Waals surface area contributed by atoms with E-state index in [-0.39, 0.29) is 24.9 Å². The van der Waals surface area contributed by atoms with E-state index >= 15 is 0 Å². The highest BCUT2D eigenvalue weighted by Crippen LogP contribution is 2.14. The molecule has 3 nitrogen and oxygen atoms in total. The van der Waals surface area contributed by atoms with E-state index in [1.54, 1.807) is 0 Å². The van der Waals surface area contributed by atoms with Crippen LogP contribution in [0, 0.1) is 0 Å². The quantitative estimate of drug-likeness (QED) is 0.803. The number of hydrogen-bond donors (Lipinski definition) is 1. The lowest BCUT2D eigenvalue weighted by Crippen LogP contribution is -2.17.